The third-order valence-corrected chi connectivity index (χ3v) is 3.83. The van der Waals surface area contributed by atoms with Crippen molar-refractivity contribution in [2.45, 2.75) is 45.7 Å². The molecule has 82 valence electrons. The Hall–Kier alpha value is -0.0800. The molecule has 2 rings (SSSR count). The van der Waals surface area contributed by atoms with E-state index in [-0.39, 0.29) is 0 Å². The Morgan fingerprint density at radius 2 is 2.07 bits per heavy atom. The molecule has 2 nitrogen and oxygen atoms in total. The van der Waals surface area contributed by atoms with Gasteiger partial charge in [0, 0.05) is 25.2 Å². The molecule has 0 spiro atoms. The van der Waals surface area contributed by atoms with Crippen molar-refractivity contribution in [3.63, 3.8) is 0 Å². The highest BCUT2D eigenvalue weighted by atomic mass is 15.2. The zero-order chi connectivity index (χ0) is 10.1. The van der Waals surface area contributed by atoms with Gasteiger partial charge in [-0.2, -0.15) is 0 Å². The Kier molecular flexibility index (Phi) is 3.13. The van der Waals surface area contributed by atoms with E-state index in [9.17, 15) is 0 Å². The van der Waals surface area contributed by atoms with E-state index in [1.54, 1.807) is 0 Å². The summed E-state index contributed by atoms with van der Waals surface area (Å²) >= 11 is 0. The fraction of sp³-hybridized carbons (Fsp3) is 1.00. The van der Waals surface area contributed by atoms with Crippen LogP contribution in [0.5, 0.6) is 0 Å². The lowest BCUT2D eigenvalue weighted by Crippen LogP contribution is -2.36. The molecular weight excluding hydrogens is 172 g/mol. The molecule has 2 saturated heterocycles. The number of likely N-dealkylation sites (tertiary alicyclic amines) is 1. The van der Waals surface area contributed by atoms with Crippen molar-refractivity contribution >= 4 is 0 Å². The van der Waals surface area contributed by atoms with Crippen molar-refractivity contribution in [2.24, 2.45) is 11.8 Å². The second kappa shape index (κ2) is 4.19. The first-order valence-electron chi connectivity index (χ1n) is 6.14. The quantitative estimate of drug-likeness (QED) is 0.739. The van der Waals surface area contributed by atoms with Gasteiger partial charge in [-0.25, -0.2) is 0 Å². The first kappa shape index (κ1) is 10.4. The predicted molar refractivity (Wildman–Crippen MR) is 60.4 cm³/mol. The van der Waals surface area contributed by atoms with E-state index in [2.05, 4.69) is 31.0 Å². The van der Waals surface area contributed by atoms with Gasteiger partial charge in [0.15, 0.2) is 0 Å². The zero-order valence-electron chi connectivity index (χ0n) is 9.79. The van der Waals surface area contributed by atoms with Gasteiger partial charge < -0.3 is 5.32 Å². The van der Waals surface area contributed by atoms with Gasteiger partial charge in [0.1, 0.15) is 0 Å². The van der Waals surface area contributed by atoms with Gasteiger partial charge in [-0.05, 0) is 38.1 Å². The second-order valence-corrected chi connectivity index (χ2v) is 5.54. The molecule has 2 heteroatoms. The maximum atomic E-state index is 3.62. The number of hydrogen-bond donors (Lipinski definition) is 1. The summed E-state index contributed by atoms with van der Waals surface area (Å²) < 4.78 is 0. The summed E-state index contributed by atoms with van der Waals surface area (Å²) in [5.41, 5.74) is 0. The van der Waals surface area contributed by atoms with Crippen LogP contribution in [0.1, 0.15) is 33.6 Å². The minimum atomic E-state index is 0.780. The highest BCUT2D eigenvalue weighted by Crippen LogP contribution is 2.27. The van der Waals surface area contributed by atoms with Gasteiger partial charge >= 0.3 is 0 Å². The van der Waals surface area contributed by atoms with E-state index in [4.69, 9.17) is 0 Å². The number of nitrogens with zero attached hydrogens (tertiary/aromatic N) is 1. The minimum absolute atomic E-state index is 0.780. The van der Waals surface area contributed by atoms with Gasteiger partial charge in [0.05, 0.1) is 0 Å². The molecule has 2 fully saturated rings. The van der Waals surface area contributed by atoms with Crippen molar-refractivity contribution < 1.29 is 0 Å². The molecule has 14 heavy (non-hydrogen) atoms. The lowest BCUT2D eigenvalue weighted by atomic mass is 10.0. The van der Waals surface area contributed by atoms with Crippen LogP contribution in [0.2, 0.25) is 0 Å². The molecule has 3 atom stereocenters. The Balaban J connectivity index is 1.83. The molecule has 0 bridgehead atoms. The average Bonchev–Trinajstić information content (AvgIpc) is 2.58. The van der Waals surface area contributed by atoms with Crippen LogP contribution in [0.25, 0.3) is 0 Å². The first-order valence-corrected chi connectivity index (χ1v) is 6.14. The summed E-state index contributed by atoms with van der Waals surface area (Å²) in [6, 6.07) is 1.59. The van der Waals surface area contributed by atoms with Crippen molar-refractivity contribution in [3.8, 4) is 0 Å². The predicted octanol–water partition coefficient (Wildman–Crippen LogP) is 1.71. The van der Waals surface area contributed by atoms with E-state index in [1.165, 1.54) is 32.5 Å². The summed E-state index contributed by atoms with van der Waals surface area (Å²) in [6.45, 7) is 10.9. The summed E-state index contributed by atoms with van der Waals surface area (Å²) in [6.07, 6.45) is 2.75. The number of fused-ring (bicyclic) bond motifs is 1. The highest BCUT2D eigenvalue weighted by molar-refractivity contribution is 4.95. The maximum absolute atomic E-state index is 3.62. The topological polar surface area (TPSA) is 15.3 Å². The Bertz CT molecular complexity index is 179. The van der Waals surface area contributed by atoms with Crippen LogP contribution in [0, 0.1) is 11.8 Å². The average molecular weight is 196 g/mol. The normalized spacial score (nSPS) is 35.1. The molecular formula is C12H24N2. The van der Waals surface area contributed by atoms with E-state index >= 15 is 0 Å². The van der Waals surface area contributed by atoms with Gasteiger partial charge in [-0.1, -0.05) is 13.8 Å². The SMILES string of the molecule is CC(C)CC(C)N1C[C@@H]2CCN[C@@H]2C1. The van der Waals surface area contributed by atoms with Gasteiger partial charge in [-0.15, -0.1) is 0 Å². The van der Waals surface area contributed by atoms with Gasteiger partial charge in [0.2, 0.25) is 0 Å². The second-order valence-electron chi connectivity index (χ2n) is 5.54. The molecule has 2 aliphatic heterocycles. The van der Waals surface area contributed by atoms with Crippen LogP contribution in [0.4, 0.5) is 0 Å². The fourth-order valence-electron chi connectivity index (χ4n) is 3.07. The van der Waals surface area contributed by atoms with E-state index in [1.807, 2.05) is 0 Å². The third kappa shape index (κ3) is 2.12. The summed E-state index contributed by atoms with van der Waals surface area (Å²) in [7, 11) is 0. The summed E-state index contributed by atoms with van der Waals surface area (Å²) in [5, 5.41) is 3.62. The van der Waals surface area contributed by atoms with Crippen LogP contribution < -0.4 is 5.32 Å². The highest BCUT2D eigenvalue weighted by Gasteiger charge is 2.37. The maximum Gasteiger partial charge on any atom is 0.0236 e. The molecule has 0 aromatic heterocycles. The van der Waals surface area contributed by atoms with Crippen LogP contribution in [-0.4, -0.2) is 36.6 Å². The smallest absolute Gasteiger partial charge is 0.0236 e. The number of hydrogen-bond acceptors (Lipinski definition) is 2. The van der Waals surface area contributed by atoms with E-state index in [0.29, 0.717) is 0 Å². The summed E-state index contributed by atoms with van der Waals surface area (Å²) in [4.78, 5) is 2.68. The Morgan fingerprint density at radius 1 is 1.29 bits per heavy atom. The molecule has 1 N–H and O–H groups in total. The molecule has 2 aliphatic rings. The lowest BCUT2D eigenvalue weighted by Gasteiger charge is -2.26. The molecule has 0 saturated carbocycles. The van der Waals surface area contributed by atoms with Crippen molar-refractivity contribution in [2.75, 3.05) is 19.6 Å². The van der Waals surface area contributed by atoms with Crippen molar-refractivity contribution in [3.05, 3.63) is 0 Å². The standard InChI is InChI=1S/C12H24N2/c1-9(2)6-10(3)14-7-11-4-5-13-12(11)8-14/h9-13H,4-8H2,1-3H3/t10?,11-,12+/m0/s1. The van der Waals surface area contributed by atoms with Gasteiger partial charge in [-0.3, -0.25) is 4.90 Å². The first-order chi connectivity index (χ1) is 6.66. The molecule has 0 aliphatic carbocycles. The number of rotatable bonds is 3. The number of nitrogens with one attached hydrogen (secondary N) is 1. The minimum Gasteiger partial charge on any atom is -0.312 e. The third-order valence-electron chi connectivity index (χ3n) is 3.83. The van der Waals surface area contributed by atoms with Crippen LogP contribution in [-0.2, 0) is 0 Å². The van der Waals surface area contributed by atoms with Crippen LogP contribution in [0.3, 0.4) is 0 Å². The van der Waals surface area contributed by atoms with Crippen LogP contribution in [0.15, 0.2) is 0 Å². The monoisotopic (exact) mass is 196 g/mol. The van der Waals surface area contributed by atoms with Gasteiger partial charge in [0.25, 0.3) is 0 Å². The molecule has 0 aromatic carbocycles. The summed E-state index contributed by atoms with van der Waals surface area (Å²) in [5.74, 6) is 1.78. The van der Waals surface area contributed by atoms with E-state index in [0.717, 1.165) is 23.9 Å². The molecule has 0 aromatic rings. The zero-order valence-corrected chi connectivity index (χ0v) is 9.79. The Labute approximate surface area is 88.1 Å². The molecule has 1 unspecified atom stereocenters. The molecule has 0 radical (unpaired) electrons. The largest absolute Gasteiger partial charge is 0.312 e. The fourth-order valence-corrected chi connectivity index (χ4v) is 3.07. The van der Waals surface area contributed by atoms with E-state index < -0.39 is 0 Å². The molecule has 2 heterocycles. The van der Waals surface area contributed by atoms with Crippen molar-refractivity contribution in [1.82, 2.24) is 10.2 Å². The van der Waals surface area contributed by atoms with Crippen molar-refractivity contribution in [1.29, 1.82) is 0 Å². The Morgan fingerprint density at radius 3 is 2.71 bits per heavy atom. The lowest BCUT2D eigenvalue weighted by molar-refractivity contribution is 0.215. The van der Waals surface area contributed by atoms with Crippen LogP contribution >= 0.6 is 0 Å². The molecule has 0 amide bonds.